The Hall–Kier alpha value is -1.86. The molecule has 0 fully saturated rings. The summed E-state index contributed by atoms with van der Waals surface area (Å²) in [5.41, 5.74) is 10.1. The van der Waals surface area contributed by atoms with E-state index in [9.17, 15) is 0 Å². The second-order valence-electron chi connectivity index (χ2n) is 16.7. The maximum Gasteiger partial charge on any atom is -1.00 e. The molecule has 0 saturated heterocycles. The van der Waals surface area contributed by atoms with Crippen LogP contribution in [0, 0.1) is 31.3 Å². The topological polar surface area (TPSA) is 0 Å². The number of rotatable bonds is 3. The van der Waals surface area contributed by atoms with Crippen molar-refractivity contribution in [2.45, 2.75) is 100 Å². The fourth-order valence-corrected chi connectivity index (χ4v) is 7.76. The monoisotopic (exact) mass is 848 g/mol. The van der Waals surface area contributed by atoms with Gasteiger partial charge in [-0.2, -0.15) is 11.6 Å². The molecule has 6 rings (SSSR count). The van der Waals surface area contributed by atoms with E-state index in [-0.39, 0.29) is 35.6 Å². The molecule has 5 aromatic rings. The summed E-state index contributed by atoms with van der Waals surface area (Å²) in [4.78, 5) is 0. The van der Waals surface area contributed by atoms with Crippen molar-refractivity contribution < 1.29 is 49.0 Å². The molecule has 0 radical (unpaired) electrons. The van der Waals surface area contributed by atoms with E-state index in [1.54, 1.807) is 0 Å². The number of fused-ring (bicyclic) bond motifs is 3. The summed E-state index contributed by atoms with van der Waals surface area (Å²) in [6.45, 7) is 27.2. The van der Waals surface area contributed by atoms with E-state index in [1.807, 2.05) is 36.4 Å². The third kappa shape index (κ3) is 11.8. The molecule has 0 saturated carbocycles. The van der Waals surface area contributed by atoms with Crippen molar-refractivity contribution in [1.29, 1.82) is 0 Å². The van der Waals surface area contributed by atoms with Gasteiger partial charge >= 0.3 is 120 Å². The van der Waals surface area contributed by atoms with Crippen LogP contribution < -0.4 is 24.8 Å². The zero-order chi connectivity index (χ0) is 37.2. The molecule has 0 N–H and O–H groups in total. The first-order valence-corrected chi connectivity index (χ1v) is 19.7. The molecule has 1 aliphatic carbocycles. The number of allylic oxidation sites excluding steroid dienone is 4. The molecule has 0 amide bonds. The van der Waals surface area contributed by atoms with Gasteiger partial charge in [0.25, 0.3) is 0 Å². The van der Waals surface area contributed by atoms with Gasteiger partial charge in [-0.15, -0.1) is 39.7 Å². The summed E-state index contributed by atoms with van der Waals surface area (Å²) in [5.74, 6) is 0.573. The van der Waals surface area contributed by atoms with Crippen molar-refractivity contribution in [3.05, 3.63) is 146 Å². The number of benzene rings is 4. The third-order valence-corrected chi connectivity index (χ3v) is 11.3. The molecule has 0 spiro atoms. The van der Waals surface area contributed by atoms with Crippen LogP contribution in [0.4, 0.5) is 0 Å². The Kier molecular flexibility index (Phi) is 16.6. The molecule has 1 unspecified atom stereocenters. The van der Waals surface area contributed by atoms with Crippen LogP contribution in [0.25, 0.3) is 21.5 Å². The van der Waals surface area contributed by atoms with Gasteiger partial charge in [-0.05, 0) is 24.7 Å². The average molecular weight is 852 g/mol. The second-order valence-corrected chi connectivity index (χ2v) is 18.8. The van der Waals surface area contributed by atoms with Crippen LogP contribution in [0.3, 0.4) is 0 Å². The predicted octanol–water partition coefficient (Wildman–Crippen LogP) is 8.40. The van der Waals surface area contributed by atoms with Crippen LogP contribution in [0.5, 0.6) is 0 Å². The largest absolute Gasteiger partial charge is 1.00 e. The van der Waals surface area contributed by atoms with Crippen molar-refractivity contribution in [2.24, 2.45) is 11.3 Å². The Morgan fingerprint density at radius 3 is 1.40 bits per heavy atom. The fourth-order valence-electron chi connectivity index (χ4n) is 6.62. The molecule has 52 heavy (non-hydrogen) atoms. The number of hydrogen-bond donors (Lipinski definition) is 0. The Morgan fingerprint density at radius 2 is 1.10 bits per heavy atom. The van der Waals surface area contributed by atoms with E-state index in [1.165, 1.54) is 83.2 Å². The van der Waals surface area contributed by atoms with Gasteiger partial charge in [-0.25, -0.2) is 6.08 Å². The summed E-state index contributed by atoms with van der Waals surface area (Å²) in [6.07, 6.45) is 9.00. The molecular formula is C47H54Cl4Zr-2. The van der Waals surface area contributed by atoms with E-state index in [0.29, 0.717) is 11.3 Å². The summed E-state index contributed by atoms with van der Waals surface area (Å²) in [6, 6.07) is 27.7. The summed E-state index contributed by atoms with van der Waals surface area (Å²) >= 11 is 13.3. The quantitative estimate of drug-likeness (QED) is 0.160. The summed E-state index contributed by atoms with van der Waals surface area (Å²) in [7, 11) is 0. The number of aryl methyl sites for hydroxylation is 2. The molecule has 0 heterocycles. The zero-order valence-electron chi connectivity index (χ0n) is 33.0. The molecule has 0 nitrogen and oxygen atoms in total. The molecule has 276 valence electrons. The van der Waals surface area contributed by atoms with Gasteiger partial charge in [0.05, 0.1) is 0 Å². The van der Waals surface area contributed by atoms with Gasteiger partial charge < -0.3 is 24.8 Å². The second kappa shape index (κ2) is 18.7. The fraction of sp³-hybridized carbons (Fsp3) is 0.362. The molecule has 1 atom stereocenters. The maximum atomic E-state index is 5.98. The molecular weight excluding hydrogens is 798 g/mol. The van der Waals surface area contributed by atoms with Crippen LogP contribution >= 0.6 is 23.2 Å². The van der Waals surface area contributed by atoms with Crippen molar-refractivity contribution in [3.63, 3.8) is 0 Å². The zero-order valence-corrected chi connectivity index (χ0v) is 38.4. The first-order chi connectivity index (χ1) is 23.2. The maximum absolute atomic E-state index is 5.98. The predicted molar refractivity (Wildman–Crippen MR) is 219 cm³/mol. The molecule has 5 heteroatoms. The first kappa shape index (κ1) is 46.3. The van der Waals surface area contributed by atoms with Crippen molar-refractivity contribution in [1.82, 2.24) is 0 Å². The van der Waals surface area contributed by atoms with Gasteiger partial charge in [0.1, 0.15) is 0 Å². The van der Waals surface area contributed by atoms with Gasteiger partial charge in [0, 0.05) is 0 Å². The Balaban J connectivity index is 0.000000283. The van der Waals surface area contributed by atoms with Crippen molar-refractivity contribution >= 4 is 48.0 Å². The van der Waals surface area contributed by atoms with E-state index in [0.717, 1.165) is 21.2 Å². The smallest absolute Gasteiger partial charge is 1.00 e. The van der Waals surface area contributed by atoms with Crippen LogP contribution in [-0.4, -0.2) is 3.21 Å². The molecule has 0 aromatic heterocycles. The molecule has 0 bridgehead atoms. The third-order valence-electron chi connectivity index (χ3n) is 9.38. The van der Waals surface area contributed by atoms with Gasteiger partial charge in [-0.3, -0.25) is 6.08 Å². The average Bonchev–Trinajstić information content (AvgIpc) is 3.64. The molecule has 1 aliphatic rings. The van der Waals surface area contributed by atoms with E-state index < -0.39 is 0 Å². The van der Waals surface area contributed by atoms with Gasteiger partial charge in [0.15, 0.2) is 0 Å². The number of hydrogen-bond acceptors (Lipinski definition) is 0. The Bertz CT molecular complexity index is 1930. The Morgan fingerprint density at radius 1 is 0.673 bits per heavy atom. The SMILES string of the molecule is CCC1[C-]=CC(C(C)(C)C)=C1.Cc1cc2[cH-]c3cc(C)c(C(C)(C)C)cc3c2cc1C(C)(C)C.Clc1cccc([C](=[Zr+2])c2cccc(Cl)c2)c1.[Cl-].[Cl-]. The van der Waals surface area contributed by atoms with E-state index in [4.69, 9.17) is 23.2 Å². The van der Waals surface area contributed by atoms with Crippen LogP contribution in [0.15, 0.2) is 96.6 Å². The number of halogens is 4. The van der Waals surface area contributed by atoms with Crippen LogP contribution in [-0.2, 0) is 35.1 Å². The first-order valence-electron chi connectivity index (χ1n) is 17.8. The normalized spacial score (nSPS) is 14.1. The van der Waals surface area contributed by atoms with E-state index >= 15 is 0 Å². The van der Waals surface area contributed by atoms with Crippen LogP contribution in [0.2, 0.25) is 10.0 Å². The van der Waals surface area contributed by atoms with Crippen molar-refractivity contribution in [2.75, 3.05) is 0 Å². The van der Waals surface area contributed by atoms with Crippen LogP contribution in [0.1, 0.15) is 109 Å². The van der Waals surface area contributed by atoms with E-state index in [2.05, 4.69) is 144 Å². The molecule has 0 aliphatic heterocycles. The Labute approximate surface area is 352 Å². The van der Waals surface area contributed by atoms with Gasteiger partial charge in [-0.1, -0.05) is 121 Å². The minimum absolute atomic E-state index is 0. The minimum Gasteiger partial charge on any atom is -1.00 e. The van der Waals surface area contributed by atoms with Gasteiger partial charge in [0.2, 0.25) is 0 Å². The standard InChI is InChI=1S/C23H29.C13H8Cl2.C11H17.2ClH.Zr/c1-14-9-16-11-17-10-15(2)21(23(6,7)8)13-19(17)18(16)12-20(14)22(3,4)5;14-12-5-1-3-10(8-12)7-11-4-2-6-13(15)9-11;1-5-9-6-7-10(8-9)11(2,3)4;;;/h9-13H,1-8H3;1-6,8-9H;7-9H,5H2,1-4H3;2*1H;/q-1;;-1;;;+2/p-2. The minimum atomic E-state index is 0. The molecule has 5 aromatic carbocycles. The summed E-state index contributed by atoms with van der Waals surface area (Å²) < 4.78 is 1.26. The van der Waals surface area contributed by atoms with Crippen molar-refractivity contribution in [3.8, 4) is 0 Å². The summed E-state index contributed by atoms with van der Waals surface area (Å²) in [5, 5.41) is 7.08.